The van der Waals surface area contributed by atoms with Crippen molar-refractivity contribution in [1.29, 1.82) is 0 Å². The van der Waals surface area contributed by atoms with E-state index in [4.69, 9.17) is 9.72 Å². The van der Waals surface area contributed by atoms with Gasteiger partial charge in [-0.05, 0) is 37.1 Å². The zero-order chi connectivity index (χ0) is 22.9. The minimum Gasteiger partial charge on any atom is -0.493 e. The number of nitrogens with zero attached hydrogens (tertiary/aromatic N) is 6. The second kappa shape index (κ2) is 9.02. The standard InChI is InChI=1S/C25H33N7O/c1-5-6-9-30-10-12-31(13-11-30)21-8-7-19-24(29-21)22(17(2)3)23(28-19)18-14-20(33-4)25-26-16-27-32(25)15-18/h7-8,14-17,28H,5-6,9-13H2,1-4H3. The Labute approximate surface area is 194 Å². The molecule has 0 unspecified atom stereocenters. The number of methoxy groups -OCH3 is 1. The summed E-state index contributed by atoms with van der Waals surface area (Å²) in [5, 5.41) is 4.33. The maximum absolute atomic E-state index is 5.59. The molecule has 1 saturated heterocycles. The highest BCUT2D eigenvalue weighted by Crippen LogP contribution is 2.37. The third-order valence-electron chi connectivity index (χ3n) is 6.62. The van der Waals surface area contributed by atoms with Crippen molar-refractivity contribution in [2.24, 2.45) is 0 Å². The molecule has 0 atom stereocenters. The first kappa shape index (κ1) is 21.7. The molecule has 1 fully saturated rings. The summed E-state index contributed by atoms with van der Waals surface area (Å²) < 4.78 is 7.36. The molecule has 33 heavy (non-hydrogen) atoms. The lowest BCUT2D eigenvalue weighted by atomic mass is 9.99. The summed E-state index contributed by atoms with van der Waals surface area (Å²) in [7, 11) is 1.66. The van der Waals surface area contributed by atoms with Crippen LogP contribution in [-0.4, -0.2) is 69.3 Å². The Morgan fingerprint density at radius 3 is 2.70 bits per heavy atom. The van der Waals surface area contributed by atoms with Gasteiger partial charge in [-0.25, -0.2) is 14.5 Å². The summed E-state index contributed by atoms with van der Waals surface area (Å²) in [5.74, 6) is 2.07. The highest BCUT2D eigenvalue weighted by atomic mass is 16.5. The van der Waals surface area contributed by atoms with Crippen LogP contribution < -0.4 is 9.64 Å². The number of fused-ring (bicyclic) bond motifs is 2. The normalized spacial score (nSPS) is 15.2. The highest BCUT2D eigenvalue weighted by molar-refractivity contribution is 5.90. The Kier molecular flexibility index (Phi) is 5.93. The number of H-pyrrole nitrogens is 1. The molecular formula is C25H33N7O. The molecule has 174 valence electrons. The van der Waals surface area contributed by atoms with Crippen LogP contribution in [0.2, 0.25) is 0 Å². The average molecular weight is 448 g/mol. The van der Waals surface area contributed by atoms with Gasteiger partial charge in [-0.1, -0.05) is 27.2 Å². The van der Waals surface area contributed by atoms with Crippen LogP contribution in [0, 0.1) is 0 Å². The number of unbranched alkanes of at least 4 members (excludes halogenated alkanes) is 1. The minimum atomic E-state index is 0.305. The van der Waals surface area contributed by atoms with E-state index in [9.17, 15) is 0 Å². The molecule has 1 aliphatic rings. The maximum Gasteiger partial charge on any atom is 0.197 e. The summed E-state index contributed by atoms with van der Waals surface area (Å²) >= 11 is 0. The summed E-state index contributed by atoms with van der Waals surface area (Å²) in [4.78, 5) is 18.1. The number of pyridine rings is 2. The van der Waals surface area contributed by atoms with E-state index < -0.39 is 0 Å². The van der Waals surface area contributed by atoms with Crippen LogP contribution in [-0.2, 0) is 0 Å². The fourth-order valence-corrected chi connectivity index (χ4v) is 4.81. The van der Waals surface area contributed by atoms with Gasteiger partial charge in [0.05, 0.1) is 23.8 Å². The van der Waals surface area contributed by atoms with E-state index in [0.717, 1.165) is 54.3 Å². The molecule has 0 aliphatic carbocycles. The number of hydrogen-bond acceptors (Lipinski definition) is 6. The van der Waals surface area contributed by atoms with Gasteiger partial charge in [0.15, 0.2) is 11.4 Å². The van der Waals surface area contributed by atoms with Gasteiger partial charge in [0, 0.05) is 43.5 Å². The van der Waals surface area contributed by atoms with Crippen LogP contribution in [0.5, 0.6) is 5.75 Å². The quantitative estimate of drug-likeness (QED) is 0.455. The Morgan fingerprint density at radius 1 is 1.15 bits per heavy atom. The summed E-state index contributed by atoms with van der Waals surface area (Å²) in [6.07, 6.45) is 6.07. The molecule has 0 radical (unpaired) electrons. The Bertz CT molecular complexity index is 1250. The third kappa shape index (κ3) is 4.04. The smallest absolute Gasteiger partial charge is 0.197 e. The van der Waals surface area contributed by atoms with E-state index in [2.05, 4.69) is 57.8 Å². The molecular weight excluding hydrogens is 414 g/mol. The maximum atomic E-state index is 5.59. The first-order valence-electron chi connectivity index (χ1n) is 12.0. The lowest BCUT2D eigenvalue weighted by Gasteiger charge is -2.35. The molecule has 1 N–H and O–H groups in total. The first-order valence-corrected chi connectivity index (χ1v) is 12.0. The van der Waals surface area contributed by atoms with Crippen LogP contribution in [0.15, 0.2) is 30.7 Å². The molecule has 4 aromatic rings. The molecule has 4 aromatic heterocycles. The number of hydrogen-bond donors (Lipinski definition) is 1. The molecule has 0 spiro atoms. The molecule has 5 heterocycles. The predicted octanol–water partition coefficient (Wildman–Crippen LogP) is 4.33. The zero-order valence-electron chi connectivity index (χ0n) is 20.0. The van der Waals surface area contributed by atoms with Crippen molar-refractivity contribution >= 4 is 22.5 Å². The van der Waals surface area contributed by atoms with Crippen LogP contribution >= 0.6 is 0 Å². The van der Waals surface area contributed by atoms with E-state index in [1.807, 2.05) is 12.3 Å². The van der Waals surface area contributed by atoms with Crippen LogP contribution in [0.4, 0.5) is 5.82 Å². The monoisotopic (exact) mass is 447 g/mol. The van der Waals surface area contributed by atoms with Crippen LogP contribution in [0.25, 0.3) is 27.9 Å². The van der Waals surface area contributed by atoms with E-state index >= 15 is 0 Å². The number of nitrogens with one attached hydrogen (secondary N) is 1. The highest BCUT2D eigenvalue weighted by Gasteiger charge is 2.22. The number of piperazine rings is 1. The van der Waals surface area contributed by atoms with E-state index in [0.29, 0.717) is 17.3 Å². The van der Waals surface area contributed by atoms with Gasteiger partial charge in [-0.3, -0.25) is 4.90 Å². The SMILES string of the molecule is CCCCN1CCN(c2ccc3[nH]c(-c4cc(OC)c5ncnn5c4)c(C(C)C)c3n2)CC1. The van der Waals surface area contributed by atoms with Gasteiger partial charge in [0.1, 0.15) is 12.1 Å². The van der Waals surface area contributed by atoms with Crippen molar-refractivity contribution in [3.8, 4) is 17.0 Å². The van der Waals surface area contributed by atoms with Gasteiger partial charge in [-0.15, -0.1) is 0 Å². The van der Waals surface area contributed by atoms with Gasteiger partial charge in [-0.2, -0.15) is 5.10 Å². The lowest BCUT2D eigenvalue weighted by Crippen LogP contribution is -2.46. The molecule has 0 saturated carbocycles. The largest absolute Gasteiger partial charge is 0.493 e. The second-order valence-electron chi connectivity index (χ2n) is 9.14. The van der Waals surface area contributed by atoms with Gasteiger partial charge in [0.2, 0.25) is 0 Å². The molecule has 8 nitrogen and oxygen atoms in total. The van der Waals surface area contributed by atoms with Gasteiger partial charge in [0.25, 0.3) is 0 Å². The van der Waals surface area contributed by atoms with Crippen LogP contribution in [0.1, 0.15) is 45.1 Å². The van der Waals surface area contributed by atoms with Crippen molar-refractivity contribution in [2.75, 3.05) is 44.7 Å². The Balaban J connectivity index is 1.51. The zero-order valence-corrected chi connectivity index (χ0v) is 20.0. The number of aromatic nitrogens is 5. The van der Waals surface area contributed by atoms with E-state index in [1.54, 1.807) is 18.0 Å². The molecule has 0 amide bonds. The number of anilines is 1. The van der Waals surface area contributed by atoms with Crippen molar-refractivity contribution in [3.05, 3.63) is 36.3 Å². The second-order valence-corrected chi connectivity index (χ2v) is 9.14. The number of ether oxygens (including phenoxy) is 1. The minimum absolute atomic E-state index is 0.305. The molecule has 5 rings (SSSR count). The Hall–Kier alpha value is -3.13. The number of aromatic amines is 1. The van der Waals surface area contributed by atoms with Gasteiger partial charge < -0.3 is 14.6 Å². The average Bonchev–Trinajstić information content (AvgIpc) is 3.46. The fourth-order valence-electron chi connectivity index (χ4n) is 4.81. The summed E-state index contributed by atoms with van der Waals surface area (Å²) in [6.45, 7) is 12.2. The topological polar surface area (TPSA) is 74.6 Å². The molecule has 0 aromatic carbocycles. The molecule has 0 bridgehead atoms. The fraction of sp³-hybridized carbons (Fsp3) is 0.480. The van der Waals surface area contributed by atoms with E-state index in [-0.39, 0.29) is 0 Å². The van der Waals surface area contributed by atoms with Crippen molar-refractivity contribution in [1.82, 2.24) is 29.5 Å². The third-order valence-corrected chi connectivity index (χ3v) is 6.62. The van der Waals surface area contributed by atoms with Crippen molar-refractivity contribution in [3.63, 3.8) is 0 Å². The first-order chi connectivity index (χ1) is 16.1. The van der Waals surface area contributed by atoms with Gasteiger partial charge >= 0.3 is 0 Å². The molecule has 1 aliphatic heterocycles. The Morgan fingerprint density at radius 2 is 1.97 bits per heavy atom. The van der Waals surface area contributed by atoms with Crippen molar-refractivity contribution < 1.29 is 4.74 Å². The lowest BCUT2D eigenvalue weighted by molar-refractivity contribution is 0.254. The van der Waals surface area contributed by atoms with Crippen LogP contribution in [0.3, 0.4) is 0 Å². The predicted molar refractivity (Wildman–Crippen MR) is 132 cm³/mol. The summed E-state index contributed by atoms with van der Waals surface area (Å²) in [6, 6.07) is 6.34. The molecule has 8 heteroatoms. The van der Waals surface area contributed by atoms with Crippen molar-refractivity contribution in [2.45, 2.75) is 39.5 Å². The summed E-state index contributed by atoms with van der Waals surface area (Å²) in [5.41, 5.74) is 6.10. The number of rotatable bonds is 7. The van der Waals surface area contributed by atoms with E-state index in [1.165, 1.54) is 24.9 Å².